The van der Waals surface area contributed by atoms with Gasteiger partial charge in [-0.05, 0) is 18.3 Å². The van der Waals surface area contributed by atoms with Gasteiger partial charge >= 0.3 is 0 Å². The first-order valence-electron chi connectivity index (χ1n) is 5.56. The Morgan fingerprint density at radius 3 is 2.71 bits per heavy atom. The fourth-order valence-corrected chi connectivity index (χ4v) is 2.90. The highest BCUT2D eigenvalue weighted by atomic mass is 35.5. The Morgan fingerprint density at radius 2 is 2.14 bits per heavy atom. The van der Waals surface area contributed by atoms with Crippen LogP contribution in [-0.2, 0) is 4.79 Å². The van der Waals surface area contributed by atoms with Crippen LogP contribution in [0.15, 0.2) is 0 Å². The van der Waals surface area contributed by atoms with Gasteiger partial charge in [-0.3, -0.25) is 4.79 Å². The monoisotopic (exact) mass is 217 g/mol. The molecule has 1 saturated carbocycles. The van der Waals surface area contributed by atoms with Crippen molar-refractivity contribution in [3.63, 3.8) is 0 Å². The molecule has 3 atom stereocenters. The van der Waals surface area contributed by atoms with E-state index in [9.17, 15) is 4.79 Å². The van der Waals surface area contributed by atoms with E-state index in [2.05, 4.69) is 12.2 Å². The average molecular weight is 218 g/mol. The summed E-state index contributed by atoms with van der Waals surface area (Å²) in [5, 5.41) is 2.31. The predicted molar refractivity (Wildman–Crippen MR) is 59.4 cm³/mol. The van der Waals surface area contributed by atoms with E-state index in [1.54, 1.807) is 7.05 Å². The molecule has 0 aromatic heterocycles. The minimum atomic E-state index is -0.328. The molecular weight excluding hydrogens is 198 g/mol. The zero-order valence-electron chi connectivity index (χ0n) is 9.05. The van der Waals surface area contributed by atoms with Gasteiger partial charge in [0.1, 0.15) is 5.38 Å². The second kappa shape index (κ2) is 5.59. The van der Waals surface area contributed by atoms with Gasteiger partial charge in [0.2, 0.25) is 5.91 Å². The minimum absolute atomic E-state index is 0.0167. The van der Waals surface area contributed by atoms with Crippen molar-refractivity contribution in [2.75, 3.05) is 7.05 Å². The van der Waals surface area contributed by atoms with Gasteiger partial charge in [-0.15, -0.1) is 11.6 Å². The molecule has 0 saturated heterocycles. The number of amides is 1. The maximum Gasteiger partial charge on any atom is 0.238 e. The van der Waals surface area contributed by atoms with Crippen molar-refractivity contribution in [2.24, 2.45) is 11.8 Å². The van der Waals surface area contributed by atoms with Gasteiger partial charge in [0, 0.05) is 7.05 Å². The van der Waals surface area contributed by atoms with E-state index in [1.165, 1.54) is 19.3 Å². The first-order valence-corrected chi connectivity index (χ1v) is 6.00. The summed E-state index contributed by atoms with van der Waals surface area (Å²) in [6, 6.07) is 0. The lowest BCUT2D eigenvalue weighted by molar-refractivity contribution is -0.121. The molecule has 2 nitrogen and oxygen atoms in total. The molecule has 1 aliphatic carbocycles. The molecule has 1 N–H and O–H groups in total. The van der Waals surface area contributed by atoms with Crippen LogP contribution in [0.1, 0.15) is 39.0 Å². The van der Waals surface area contributed by atoms with Gasteiger partial charge in [-0.1, -0.05) is 32.6 Å². The van der Waals surface area contributed by atoms with Crippen molar-refractivity contribution in [3.05, 3.63) is 0 Å². The SMILES string of the molecule is CCC1CCCCC1C(Cl)C(=O)NC. The molecule has 0 aliphatic heterocycles. The summed E-state index contributed by atoms with van der Waals surface area (Å²) in [5.41, 5.74) is 0. The molecule has 1 rings (SSSR count). The lowest BCUT2D eigenvalue weighted by Crippen LogP contribution is -2.38. The van der Waals surface area contributed by atoms with Crippen molar-refractivity contribution in [1.82, 2.24) is 5.32 Å². The van der Waals surface area contributed by atoms with Crippen molar-refractivity contribution in [1.29, 1.82) is 0 Å². The lowest BCUT2D eigenvalue weighted by atomic mass is 9.76. The number of hydrogen-bond acceptors (Lipinski definition) is 1. The molecule has 1 aliphatic rings. The molecular formula is C11H20ClNO. The summed E-state index contributed by atoms with van der Waals surface area (Å²) < 4.78 is 0. The van der Waals surface area contributed by atoms with Crippen molar-refractivity contribution in [3.8, 4) is 0 Å². The van der Waals surface area contributed by atoms with Crippen LogP contribution in [0.3, 0.4) is 0 Å². The first-order chi connectivity index (χ1) is 6.70. The number of rotatable bonds is 3. The molecule has 14 heavy (non-hydrogen) atoms. The number of nitrogens with one attached hydrogen (secondary N) is 1. The molecule has 0 aromatic rings. The molecule has 0 aromatic carbocycles. The van der Waals surface area contributed by atoms with Gasteiger partial charge in [-0.25, -0.2) is 0 Å². The van der Waals surface area contributed by atoms with Crippen LogP contribution >= 0.6 is 11.6 Å². The van der Waals surface area contributed by atoms with Crippen LogP contribution in [0.4, 0.5) is 0 Å². The van der Waals surface area contributed by atoms with Crippen molar-refractivity contribution >= 4 is 17.5 Å². The van der Waals surface area contributed by atoms with Crippen LogP contribution in [0.2, 0.25) is 0 Å². The van der Waals surface area contributed by atoms with Crippen LogP contribution in [0, 0.1) is 11.8 Å². The van der Waals surface area contributed by atoms with E-state index in [1.807, 2.05) is 0 Å². The molecule has 0 spiro atoms. The normalized spacial score (nSPS) is 29.6. The Kier molecular flexibility index (Phi) is 4.73. The molecule has 0 radical (unpaired) electrons. The fourth-order valence-electron chi connectivity index (χ4n) is 2.46. The van der Waals surface area contributed by atoms with Crippen LogP contribution in [-0.4, -0.2) is 18.3 Å². The quantitative estimate of drug-likeness (QED) is 0.724. The molecule has 0 bridgehead atoms. The van der Waals surface area contributed by atoms with E-state index in [4.69, 9.17) is 11.6 Å². The summed E-state index contributed by atoms with van der Waals surface area (Å²) in [6.07, 6.45) is 6.01. The van der Waals surface area contributed by atoms with Gasteiger partial charge in [0.25, 0.3) is 0 Å². The molecule has 3 unspecified atom stereocenters. The highest BCUT2D eigenvalue weighted by Gasteiger charge is 2.33. The number of halogens is 1. The average Bonchev–Trinajstić information content (AvgIpc) is 2.26. The van der Waals surface area contributed by atoms with E-state index in [-0.39, 0.29) is 11.3 Å². The standard InChI is InChI=1S/C11H20ClNO/c1-3-8-6-4-5-7-9(8)10(12)11(14)13-2/h8-10H,3-7H2,1-2H3,(H,13,14). The number of carbonyl (C=O) groups excluding carboxylic acids is 1. The summed E-state index contributed by atoms with van der Waals surface area (Å²) in [5.74, 6) is 1.01. The zero-order chi connectivity index (χ0) is 10.6. The van der Waals surface area contributed by atoms with Crippen LogP contribution < -0.4 is 5.32 Å². The third-order valence-electron chi connectivity index (χ3n) is 3.37. The Balaban J connectivity index is 2.58. The van der Waals surface area contributed by atoms with E-state index in [0.29, 0.717) is 11.8 Å². The Hall–Kier alpha value is -0.240. The lowest BCUT2D eigenvalue weighted by Gasteiger charge is -2.33. The molecule has 3 heteroatoms. The Bertz CT molecular complexity index is 196. The first kappa shape index (κ1) is 11.8. The summed E-state index contributed by atoms with van der Waals surface area (Å²) in [4.78, 5) is 11.4. The predicted octanol–water partition coefficient (Wildman–Crippen LogP) is 2.56. The van der Waals surface area contributed by atoms with Gasteiger partial charge < -0.3 is 5.32 Å². The maximum absolute atomic E-state index is 11.4. The zero-order valence-corrected chi connectivity index (χ0v) is 9.81. The number of carbonyl (C=O) groups is 1. The largest absolute Gasteiger partial charge is 0.358 e. The van der Waals surface area contributed by atoms with Gasteiger partial charge in [0.15, 0.2) is 0 Å². The second-order valence-electron chi connectivity index (χ2n) is 4.13. The Labute approximate surface area is 91.4 Å². The second-order valence-corrected chi connectivity index (χ2v) is 4.60. The van der Waals surface area contributed by atoms with Crippen LogP contribution in [0.5, 0.6) is 0 Å². The van der Waals surface area contributed by atoms with Gasteiger partial charge in [-0.2, -0.15) is 0 Å². The number of alkyl halides is 1. The summed E-state index contributed by atoms with van der Waals surface area (Å²) in [6.45, 7) is 2.19. The smallest absolute Gasteiger partial charge is 0.238 e. The van der Waals surface area contributed by atoms with E-state index >= 15 is 0 Å². The van der Waals surface area contributed by atoms with Crippen molar-refractivity contribution in [2.45, 2.75) is 44.4 Å². The summed E-state index contributed by atoms with van der Waals surface area (Å²) in [7, 11) is 1.65. The fraction of sp³-hybridized carbons (Fsp3) is 0.909. The van der Waals surface area contributed by atoms with E-state index in [0.717, 1.165) is 12.8 Å². The molecule has 1 amide bonds. The van der Waals surface area contributed by atoms with Gasteiger partial charge in [0.05, 0.1) is 0 Å². The molecule has 82 valence electrons. The number of hydrogen-bond donors (Lipinski definition) is 1. The molecule has 0 heterocycles. The third-order valence-corrected chi connectivity index (χ3v) is 3.89. The highest BCUT2D eigenvalue weighted by molar-refractivity contribution is 6.30. The molecule has 1 fully saturated rings. The van der Waals surface area contributed by atoms with Crippen LogP contribution in [0.25, 0.3) is 0 Å². The third kappa shape index (κ3) is 2.63. The highest BCUT2D eigenvalue weighted by Crippen LogP contribution is 2.36. The maximum atomic E-state index is 11.4. The van der Waals surface area contributed by atoms with E-state index < -0.39 is 0 Å². The Morgan fingerprint density at radius 1 is 1.50 bits per heavy atom. The van der Waals surface area contributed by atoms with Crippen molar-refractivity contribution < 1.29 is 4.79 Å². The summed E-state index contributed by atoms with van der Waals surface area (Å²) >= 11 is 6.17. The minimum Gasteiger partial charge on any atom is -0.358 e. The topological polar surface area (TPSA) is 29.1 Å².